The fraction of sp³-hybridized carbons (Fsp3) is 0.200. The molecule has 0 fully saturated rings. The number of benzene rings is 2. The highest BCUT2D eigenvalue weighted by Gasteiger charge is 2.14. The SMILES string of the molecule is CCc1ccc(NC(=O)[C@@H](C)Nc2ccn(-c3ccccc3)n2)cc1. The van der Waals surface area contributed by atoms with Gasteiger partial charge in [0, 0.05) is 18.0 Å². The number of aromatic nitrogens is 2. The maximum absolute atomic E-state index is 12.3. The van der Waals surface area contributed by atoms with Gasteiger partial charge in [-0.05, 0) is 43.2 Å². The molecule has 1 amide bonds. The molecule has 1 aromatic heterocycles. The molecule has 2 N–H and O–H groups in total. The molecule has 128 valence electrons. The number of hydrogen-bond donors (Lipinski definition) is 2. The second kappa shape index (κ2) is 7.66. The Morgan fingerprint density at radius 2 is 1.80 bits per heavy atom. The first kappa shape index (κ1) is 16.8. The van der Waals surface area contributed by atoms with Crippen molar-refractivity contribution in [2.24, 2.45) is 0 Å². The zero-order valence-corrected chi connectivity index (χ0v) is 14.4. The first-order chi connectivity index (χ1) is 12.2. The van der Waals surface area contributed by atoms with E-state index in [2.05, 4.69) is 22.7 Å². The molecule has 1 atom stereocenters. The monoisotopic (exact) mass is 334 g/mol. The molecule has 0 aliphatic rings. The molecule has 5 nitrogen and oxygen atoms in total. The van der Waals surface area contributed by atoms with Gasteiger partial charge >= 0.3 is 0 Å². The standard InChI is InChI=1S/C20H22N4O/c1-3-16-9-11-17(12-10-16)22-20(25)15(2)21-19-13-14-24(23-19)18-7-5-4-6-8-18/h4-15H,3H2,1-2H3,(H,21,23)(H,22,25)/t15-/m1/s1. The highest BCUT2D eigenvalue weighted by molar-refractivity contribution is 5.96. The van der Waals surface area contributed by atoms with Gasteiger partial charge in [-0.1, -0.05) is 37.3 Å². The largest absolute Gasteiger partial charge is 0.357 e. The molecule has 0 spiro atoms. The Kier molecular flexibility index (Phi) is 5.14. The van der Waals surface area contributed by atoms with Crippen LogP contribution < -0.4 is 10.6 Å². The van der Waals surface area contributed by atoms with Crippen LogP contribution in [-0.2, 0) is 11.2 Å². The summed E-state index contributed by atoms with van der Waals surface area (Å²) in [4.78, 5) is 12.3. The van der Waals surface area contributed by atoms with Gasteiger partial charge in [-0.25, -0.2) is 4.68 Å². The van der Waals surface area contributed by atoms with Crippen molar-refractivity contribution in [3.05, 3.63) is 72.4 Å². The number of rotatable bonds is 6. The average Bonchev–Trinajstić information content (AvgIpc) is 3.11. The third-order valence-corrected chi connectivity index (χ3v) is 4.00. The van der Waals surface area contributed by atoms with Gasteiger partial charge in [0.1, 0.15) is 11.9 Å². The van der Waals surface area contributed by atoms with Gasteiger partial charge in [0.25, 0.3) is 0 Å². The van der Waals surface area contributed by atoms with Gasteiger partial charge in [0.2, 0.25) is 5.91 Å². The van der Waals surface area contributed by atoms with E-state index in [1.165, 1.54) is 5.56 Å². The minimum Gasteiger partial charge on any atom is -0.357 e. The molecule has 0 saturated carbocycles. The first-order valence-corrected chi connectivity index (χ1v) is 8.43. The van der Waals surface area contributed by atoms with E-state index in [1.54, 1.807) is 4.68 Å². The molecular formula is C20H22N4O. The topological polar surface area (TPSA) is 59.0 Å². The number of amides is 1. The van der Waals surface area contributed by atoms with E-state index < -0.39 is 6.04 Å². The molecule has 2 aromatic carbocycles. The Morgan fingerprint density at radius 1 is 1.08 bits per heavy atom. The van der Waals surface area contributed by atoms with Gasteiger partial charge in [-0.2, -0.15) is 5.10 Å². The van der Waals surface area contributed by atoms with E-state index in [0.29, 0.717) is 5.82 Å². The number of nitrogens with zero attached hydrogens (tertiary/aromatic N) is 2. The van der Waals surface area contributed by atoms with Crippen molar-refractivity contribution < 1.29 is 4.79 Å². The second-order valence-electron chi connectivity index (χ2n) is 5.89. The summed E-state index contributed by atoms with van der Waals surface area (Å²) in [6.45, 7) is 3.92. The number of carbonyl (C=O) groups excluding carboxylic acids is 1. The zero-order chi connectivity index (χ0) is 17.6. The van der Waals surface area contributed by atoms with Crippen LogP contribution in [0.5, 0.6) is 0 Å². The number of para-hydroxylation sites is 1. The summed E-state index contributed by atoms with van der Waals surface area (Å²) in [6.07, 6.45) is 2.85. The molecule has 0 bridgehead atoms. The van der Waals surface area contributed by atoms with E-state index in [1.807, 2.05) is 73.8 Å². The van der Waals surface area contributed by atoms with Gasteiger partial charge in [0.05, 0.1) is 5.69 Å². The van der Waals surface area contributed by atoms with E-state index in [-0.39, 0.29) is 5.91 Å². The fourth-order valence-corrected chi connectivity index (χ4v) is 2.49. The van der Waals surface area contributed by atoms with Crippen LogP contribution in [0.2, 0.25) is 0 Å². The number of anilines is 2. The van der Waals surface area contributed by atoms with Crippen molar-refractivity contribution >= 4 is 17.4 Å². The van der Waals surface area contributed by atoms with E-state index in [9.17, 15) is 4.79 Å². The van der Waals surface area contributed by atoms with E-state index in [0.717, 1.165) is 17.8 Å². The normalized spacial score (nSPS) is 11.8. The molecule has 0 radical (unpaired) electrons. The Bertz CT molecular complexity index is 824. The Hall–Kier alpha value is -3.08. The lowest BCUT2D eigenvalue weighted by molar-refractivity contribution is -0.116. The predicted molar refractivity (Wildman–Crippen MR) is 101 cm³/mol. The molecule has 25 heavy (non-hydrogen) atoms. The minimum atomic E-state index is -0.398. The Morgan fingerprint density at radius 3 is 2.48 bits per heavy atom. The summed E-state index contributed by atoms with van der Waals surface area (Å²) < 4.78 is 1.77. The van der Waals surface area contributed by atoms with Gasteiger partial charge < -0.3 is 10.6 Å². The molecule has 3 rings (SSSR count). The number of nitrogens with one attached hydrogen (secondary N) is 2. The lowest BCUT2D eigenvalue weighted by atomic mass is 10.1. The van der Waals surface area contributed by atoms with Crippen LogP contribution in [0.15, 0.2) is 66.9 Å². The maximum atomic E-state index is 12.3. The van der Waals surface area contributed by atoms with Crippen LogP contribution in [-0.4, -0.2) is 21.7 Å². The maximum Gasteiger partial charge on any atom is 0.246 e. The van der Waals surface area contributed by atoms with Crippen LogP contribution in [0.3, 0.4) is 0 Å². The van der Waals surface area contributed by atoms with E-state index in [4.69, 9.17) is 0 Å². The molecule has 5 heteroatoms. The van der Waals surface area contributed by atoms with Crippen molar-refractivity contribution in [3.8, 4) is 5.69 Å². The molecule has 0 aliphatic carbocycles. The highest BCUT2D eigenvalue weighted by atomic mass is 16.2. The summed E-state index contributed by atoms with van der Waals surface area (Å²) >= 11 is 0. The predicted octanol–water partition coefficient (Wildman–Crippen LogP) is 3.87. The fourth-order valence-electron chi connectivity index (χ4n) is 2.49. The van der Waals surface area contributed by atoms with Crippen LogP contribution in [0.4, 0.5) is 11.5 Å². The molecule has 3 aromatic rings. The molecule has 0 unspecified atom stereocenters. The van der Waals surface area contributed by atoms with Crippen molar-refractivity contribution in [3.63, 3.8) is 0 Å². The minimum absolute atomic E-state index is 0.0986. The van der Waals surface area contributed by atoms with Gasteiger partial charge in [-0.3, -0.25) is 4.79 Å². The summed E-state index contributed by atoms with van der Waals surface area (Å²) in [6, 6.07) is 19.2. The Balaban J connectivity index is 1.60. The van der Waals surface area contributed by atoms with E-state index >= 15 is 0 Å². The summed E-state index contributed by atoms with van der Waals surface area (Å²) in [5.41, 5.74) is 3.02. The van der Waals surface area contributed by atoms with Crippen LogP contribution in [0.25, 0.3) is 5.69 Å². The molecule has 1 heterocycles. The second-order valence-corrected chi connectivity index (χ2v) is 5.89. The van der Waals surface area contributed by atoms with Crippen molar-refractivity contribution in [1.82, 2.24) is 9.78 Å². The molecular weight excluding hydrogens is 312 g/mol. The smallest absolute Gasteiger partial charge is 0.246 e. The van der Waals surface area contributed by atoms with Crippen LogP contribution in [0.1, 0.15) is 19.4 Å². The zero-order valence-electron chi connectivity index (χ0n) is 14.4. The Labute approximate surface area is 147 Å². The summed E-state index contributed by atoms with van der Waals surface area (Å²) in [5.74, 6) is 0.561. The number of aryl methyl sites for hydroxylation is 1. The quantitative estimate of drug-likeness (QED) is 0.719. The lowest BCUT2D eigenvalue weighted by Gasteiger charge is -2.13. The molecule has 0 saturated heterocycles. The third kappa shape index (κ3) is 4.26. The first-order valence-electron chi connectivity index (χ1n) is 8.43. The van der Waals surface area contributed by atoms with Gasteiger partial charge in [0.15, 0.2) is 0 Å². The van der Waals surface area contributed by atoms with Crippen molar-refractivity contribution in [2.75, 3.05) is 10.6 Å². The van der Waals surface area contributed by atoms with Crippen LogP contribution in [0, 0.1) is 0 Å². The van der Waals surface area contributed by atoms with Crippen molar-refractivity contribution in [1.29, 1.82) is 0 Å². The van der Waals surface area contributed by atoms with Crippen molar-refractivity contribution in [2.45, 2.75) is 26.3 Å². The highest BCUT2D eigenvalue weighted by Crippen LogP contribution is 2.13. The summed E-state index contributed by atoms with van der Waals surface area (Å²) in [7, 11) is 0. The number of hydrogen-bond acceptors (Lipinski definition) is 3. The van der Waals surface area contributed by atoms with Crippen LogP contribution >= 0.6 is 0 Å². The number of carbonyl (C=O) groups is 1. The third-order valence-electron chi connectivity index (χ3n) is 4.00. The summed E-state index contributed by atoms with van der Waals surface area (Å²) in [5, 5.41) is 10.5. The lowest BCUT2D eigenvalue weighted by Crippen LogP contribution is -2.32. The van der Waals surface area contributed by atoms with Gasteiger partial charge in [-0.15, -0.1) is 0 Å². The average molecular weight is 334 g/mol. The molecule has 0 aliphatic heterocycles.